The van der Waals surface area contributed by atoms with Gasteiger partial charge in [-0.2, -0.15) is 0 Å². The van der Waals surface area contributed by atoms with Crippen LogP contribution < -0.4 is 5.32 Å². The fourth-order valence-electron chi connectivity index (χ4n) is 2.93. The van der Waals surface area contributed by atoms with Crippen LogP contribution >= 0.6 is 0 Å². The van der Waals surface area contributed by atoms with Crippen molar-refractivity contribution in [2.45, 2.75) is 44.8 Å². The van der Waals surface area contributed by atoms with Crippen molar-refractivity contribution >= 4 is 17.8 Å². The summed E-state index contributed by atoms with van der Waals surface area (Å²) in [4.78, 5) is 37.9. The molecule has 1 saturated carbocycles. The Morgan fingerprint density at radius 2 is 2.00 bits per heavy atom. The third kappa shape index (κ3) is 4.81. The Balaban J connectivity index is 1.45. The number of rotatable bonds is 7. The molecule has 134 valence electrons. The van der Waals surface area contributed by atoms with Crippen molar-refractivity contribution in [1.29, 1.82) is 0 Å². The number of amides is 2. The molecule has 1 heterocycles. The van der Waals surface area contributed by atoms with Crippen LogP contribution in [-0.4, -0.2) is 47.9 Å². The lowest BCUT2D eigenvalue weighted by Crippen LogP contribution is -2.38. The smallest absolute Gasteiger partial charge is 0.312 e. The topological polar surface area (TPSA) is 75.7 Å². The number of benzene rings is 1. The molecule has 25 heavy (non-hydrogen) atoms. The summed E-state index contributed by atoms with van der Waals surface area (Å²) in [6.45, 7) is 2.52. The second-order valence-electron chi connectivity index (χ2n) is 6.84. The summed E-state index contributed by atoms with van der Waals surface area (Å²) in [6.07, 6.45) is 2.07. The molecule has 2 fully saturated rings. The summed E-state index contributed by atoms with van der Waals surface area (Å²) in [7, 11) is 0. The third-order valence-electron chi connectivity index (χ3n) is 4.65. The number of nitrogens with one attached hydrogen (secondary N) is 1. The van der Waals surface area contributed by atoms with E-state index in [1.54, 1.807) is 11.8 Å². The second-order valence-corrected chi connectivity index (χ2v) is 6.84. The molecule has 0 bridgehead atoms. The summed E-state index contributed by atoms with van der Waals surface area (Å²) in [6, 6.07) is 10.2. The number of nitrogens with zero attached hydrogens (tertiary/aromatic N) is 1. The van der Waals surface area contributed by atoms with Crippen LogP contribution in [0, 0.1) is 5.92 Å². The van der Waals surface area contributed by atoms with Gasteiger partial charge in [0.2, 0.25) is 5.91 Å². The quantitative estimate of drug-likeness (QED) is 0.756. The molecular weight excluding hydrogens is 320 g/mol. The highest BCUT2D eigenvalue weighted by Crippen LogP contribution is 2.21. The highest BCUT2D eigenvalue weighted by Gasteiger charge is 2.36. The highest BCUT2D eigenvalue weighted by atomic mass is 16.5. The fourth-order valence-corrected chi connectivity index (χ4v) is 2.93. The molecule has 2 aliphatic rings. The summed E-state index contributed by atoms with van der Waals surface area (Å²) in [5, 5.41) is 2.81. The Bertz CT molecular complexity index is 642. The van der Waals surface area contributed by atoms with Crippen molar-refractivity contribution < 1.29 is 19.1 Å². The van der Waals surface area contributed by atoms with Crippen molar-refractivity contribution in [2.24, 2.45) is 5.92 Å². The lowest BCUT2D eigenvalue weighted by atomic mass is 10.1. The summed E-state index contributed by atoms with van der Waals surface area (Å²) in [5.41, 5.74) is 1.16. The monoisotopic (exact) mass is 344 g/mol. The molecule has 1 N–H and O–H groups in total. The second kappa shape index (κ2) is 7.68. The van der Waals surface area contributed by atoms with E-state index in [-0.39, 0.29) is 24.3 Å². The maximum absolute atomic E-state index is 12.2. The first-order valence-corrected chi connectivity index (χ1v) is 8.85. The molecule has 1 aliphatic carbocycles. The Morgan fingerprint density at radius 3 is 2.68 bits per heavy atom. The van der Waals surface area contributed by atoms with Crippen LogP contribution in [0.4, 0.5) is 0 Å². The molecule has 0 spiro atoms. The van der Waals surface area contributed by atoms with Gasteiger partial charge in [-0.15, -0.1) is 0 Å². The van der Waals surface area contributed by atoms with E-state index in [2.05, 4.69) is 5.32 Å². The molecule has 2 atom stereocenters. The van der Waals surface area contributed by atoms with Gasteiger partial charge in [0.15, 0.2) is 6.10 Å². The lowest BCUT2D eigenvalue weighted by Gasteiger charge is -2.18. The van der Waals surface area contributed by atoms with Crippen LogP contribution in [0.25, 0.3) is 0 Å². The van der Waals surface area contributed by atoms with Crippen LogP contribution in [0.2, 0.25) is 0 Å². The maximum Gasteiger partial charge on any atom is 0.312 e. The van der Waals surface area contributed by atoms with Gasteiger partial charge in [0, 0.05) is 25.6 Å². The minimum atomic E-state index is -0.818. The van der Waals surface area contributed by atoms with E-state index >= 15 is 0 Å². The van der Waals surface area contributed by atoms with Crippen LogP contribution in [0.3, 0.4) is 0 Å². The van der Waals surface area contributed by atoms with Crippen molar-refractivity contribution in [1.82, 2.24) is 10.2 Å². The minimum Gasteiger partial charge on any atom is -0.452 e. The van der Waals surface area contributed by atoms with Gasteiger partial charge in [0.1, 0.15) is 0 Å². The van der Waals surface area contributed by atoms with Gasteiger partial charge in [-0.25, -0.2) is 0 Å². The van der Waals surface area contributed by atoms with Crippen LogP contribution in [0.5, 0.6) is 0 Å². The van der Waals surface area contributed by atoms with Crippen molar-refractivity contribution in [3.63, 3.8) is 0 Å². The molecule has 6 heteroatoms. The number of esters is 1. The van der Waals surface area contributed by atoms with E-state index in [1.165, 1.54) is 0 Å². The molecule has 0 aromatic heterocycles. The molecule has 1 aromatic carbocycles. The standard InChI is InChI=1S/C19H24N2O4/c1-13(18(23)20-16-7-8-16)25-19(24)15-11-17(22)21(12-15)10-9-14-5-3-2-4-6-14/h2-6,13,15-16H,7-12H2,1H3,(H,20,23)/t13-,15+/m1/s1. The Hall–Kier alpha value is -2.37. The number of likely N-dealkylation sites (tertiary alicyclic amines) is 1. The first kappa shape index (κ1) is 17.5. The molecule has 3 rings (SSSR count). The first-order valence-electron chi connectivity index (χ1n) is 8.85. The molecule has 0 radical (unpaired) electrons. The van der Waals surface area contributed by atoms with Crippen LogP contribution in [0.1, 0.15) is 31.7 Å². The zero-order chi connectivity index (χ0) is 17.8. The predicted octanol–water partition coefficient (Wildman–Crippen LogP) is 1.29. The fraction of sp³-hybridized carbons (Fsp3) is 0.526. The van der Waals surface area contributed by atoms with Gasteiger partial charge < -0.3 is 15.0 Å². The predicted molar refractivity (Wildman–Crippen MR) is 91.6 cm³/mol. The maximum atomic E-state index is 12.2. The Kier molecular flexibility index (Phi) is 5.36. The van der Waals surface area contributed by atoms with E-state index in [0.29, 0.717) is 13.1 Å². The highest BCUT2D eigenvalue weighted by molar-refractivity contribution is 5.89. The SMILES string of the molecule is C[C@@H](OC(=O)[C@H]1CC(=O)N(CCc2ccccc2)C1)C(=O)NC1CC1. The lowest BCUT2D eigenvalue weighted by molar-refractivity contribution is -0.158. The summed E-state index contributed by atoms with van der Waals surface area (Å²) >= 11 is 0. The molecule has 6 nitrogen and oxygen atoms in total. The summed E-state index contributed by atoms with van der Waals surface area (Å²) < 4.78 is 5.25. The van der Waals surface area contributed by atoms with Gasteiger partial charge in [0.25, 0.3) is 5.91 Å². The van der Waals surface area contributed by atoms with Gasteiger partial charge in [-0.05, 0) is 31.7 Å². The van der Waals surface area contributed by atoms with Crippen LogP contribution in [0.15, 0.2) is 30.3 Å². The van der Waals surface area contributed by atoms with Gasteiger partial charge in [-0.3, -0.25) is 14.4 Å². The zero-order valence-electron chi connectivity index (χ0n) is 14.4. The normalized spacial score (nSPS) is 21.1. The zero-order valence-corrected chi connectivity index (χ0v) is 14.4. The minimum absolute atomic E-state index is 0.0343. The molecular formula is C19H24N2O4. The van der Waals surface area contributed by atoms with E-state index in [9.17, 15) is 14.4 Å². The van der Waals surface area contributed by atoms with Gasteiger partial charge >= 0.3 is 5.97 Å². The van der Waals surface area contributed by atoms with E-state index in [0.717, 1.165) is 24.8 Å². The molecule has 1 saturated heterocycles. The van der Waals surface area contributed by atoms with E-state index in [1.807, 2.05) is 30.3 Å². The number of ether oxygens (including phenoxy) is 1. The number of hydrogen-bond donors (Lipinski definition) is 1. The Labute approximate surface area is 147 Å². The third-order valence-corrected chi connectivity index (χ3v) is 4.65. The molecule has 1 aromatic rings. The Morgan fingerprint density at radius 1 is 1.28 bits per heavy atom. The molecule has 2 amide bonds. The van der Waals surface area contributed by atoms with Gasteiger partial charge in [0.05, 0.1) is 5.92 Å². The molecule has 1 aliphatic heterocycles. The van der Waals surface area contributed by atoms with E-state index in [4.69, 9.17) is 4.74 Å². The molecule has 0 unspecified atom stereocenters. The summed E-state index contributed by atoms with van der Waals surface area (Å²) in [5.74, 6) is -1.25. The number of carbonyl (C=O) groups is 3. The number of carbonyl (C=O) groups excluding carboxylic acids is 3. The number of hydrogen-bond acceptors (Lipinski definition) is 4. The first-order chi connectivity index (χ1) is 12.0. The van der Waals surface area contributed by atoms with Crippen molar-refractivity contribution in [3.05, 3.63) is 35.9 Å². The average molecular weight is 344 g/mol. The average Bonchev–Trinajstić information content (AvgIpc) is 3.34. The van der Waals surface area contributed by atoms with Crippen molar-refractivity contribution in [2.75, 3.05) is 13.1 Å². The largest absolute Gasteiger partial charge is 0.452 e. The van der Waals surface area contributed by atoms with E-state index < -0.39 is 18.0 Å². The van der Waals surface area contributed by atoms with Crippen LogP contribution in [-0.2, 0) is 25.5 Å². The van der Waals surface area contributed by atoms with Gasteiger partial charge in [-0.1, -0.05) is 30.3 Å². The van der Waals surface area contributed by atoms with Crippen molar-refractivity contribution in [3.8, 4) is 0 Å².